The standard InChI is InChI=1S/C17H13N3O/c1-21-17-9-7-13(11-19-17)20-16-8-6-12(10-18)14-4-2-3-5-15(14)16/h2-9,11,20H,1H3. The van der Waals surface area contributed by atoms with Crippen LogP contribution in [0.4, 0.5) is 11.4 Å². The van der Waals surface area contributed by atoms with Gasteiger partial charge < -0.3 is 10.1 Å². The average molecular weight is 275 g/mol. The van der Waals surface area contributed by atoms with Gasteiger partial charge in [-0.25, -0.2) is 4.98 Å². The summed E-state index contributed by atoms with van der Waals surface area (Å²) in [7, 11) is 1.59. The van der Waals surface area contributed by atoms with E-state index in [1.165, 1.54) is 0 Å². The van der Waals surface area contributed by atoms with Crippen LogP contribution in [-0.4, -0.2) is 12.1 Å². The van der Waals surface area contributed by atoms with Crippen LogP contribution in [0, 0.1) is 11.3 Å². The lowest BCUT2D eigenvalue weighted by Gasteiger charge is -2.11. The molecule has 0 fully saturated rings. The Kier molecular flexibility index (Phi) is 3.40. The van der Waals surface area contributed by atoms with Crippen molar-refractivity contribution >= 4 is 22.1 Å². The monoisotopic (exact) mass is 275 g/mol. The molecule has 0 aliphatic carbocycles. The fraction of sp³-hybridized carbons (Fsp3) is 0.0588. The Bertz CT molecular complexity index is 820. The molecule has 0 saturated heterocycles. The maximum absolute atomic E-state index is 9.18. The third-order valence-corrected chi connectivity index (χ3v) is 3.27. The Morgan fingerprint density at radius 2 is 1.86 bits per heavy atom. The van der Waals surface area contributed by atoms with Crippen LogP contribution < -0.4 is 10.1 Å². The van der Waals surface area contributed by atoms with Crippen molar-refractivity contribution in [3.05, 3.63) is 60.3 Å². The summed E-state index contributed by atoms with van der Waals surface area (Å²) in [5.74, 6) is 0.574. The van der Waals surface area contributed by atoms with E-state index in [0.717, 1.165) is 22.1 Å². The molecule has 21 heavy (non-hydrogen) atoms. The molecule has 0 spiro atoms. The van der Waals surface area contributed by atoms with Crippen molar-refractivity contribution in [2.24, 2.45) is 0 Å². The van der Waals surface area contributed by atoms with Crippen LogP contribution in [0.15, 0.2) is 54.7 Å². The van der Waals surface area contributed by atoms with E-state index in [9.17, 15) is 5.26 Å². The number of hydrogen-bond acceptors (Lipinski definition) is 4. The number of ether oxygens (including phenoxy) is 1. The summed E-state index contributed by atoms with van der Waals surface area (Å²) in [6.45, 7) is 0. The fourth-order valence-corrected chi connectivity index (χ4v) is 2.24. The first-order chi connectivity index (χ1) is 10.3. The molecule has 0 aliphatic rings. The number of nitrogens with one attached hydrogen (secondary N) is 1. The molecule has 4 nitrogen and oxygen atoms in total. The third kappa shape index (κ3) is 2.49. The number of rotatable bonds is 3. The number of nitrogens with zero attached hydrogens (tertiary/aromatic N) is 2. The first kappa shape index (κ1) is 12.9. The smallest absolute Gasteiger partial charge is 0.213 e. The average Bonchev–Trinajstić information content (AvgIpc) is 2.56. The van der Waals surface area contributed by atoms with Crippen LogP contribution in [0.2, 0.25) is 0 Å². The summed E-state index contributed by atoms with van der Waals surface area (Å²) >= 11 is 0. The van der Waals surface area contributed by atoms with Crippen molar-refractivity contribution in [2.45, 2.75) is 0 Å². The molecule has 1 N–H and O–H groups in total. The lowest BCUT2D eigenvalue weighted by molar-refractivity contribution is 0.398. The molecular weight excluding hydrogens is 262 g/mol. The highest BCUT2D eigenvalue weighted by molar-refractivity contribution is 5.98. The van der Waals surface area contributed by atoms with Crippen LogP contribution in [-0.2, 0) is 0 Å². The van der Waals surface area contributed by atoms with E-state index in [0.29, 0.717) is 11.4 Å². The molecular formula is C17H13N3O. The van der Waals surface area contributed by atoms with Gasteiger partial charge >= 0.3 is 0 Å². The normalized spacial score (nSPS) is 10.1. The molecule has 0 unspecified atom stereocenters. The summed E-state index contributed by atoms with van der Waals surface area (Å²) in [5, 5.41) is 14.4. The van der Waals surface area contributed by atoms with E-state index in [2.05, 4.69) is 16.4 Å². The Balaban J connectivity index is 2.02. The molecule has 0 amide bonds. The van der Waals surface area contributed by atoms with Crippen molar-refractivity contribution in [1.82, 2.24) is 4.98 Å². The zero-order valence-corrected chi connectivity index (χ0v) is 11.5. The predicted molar refractivity (Wildman–Crippen MR) is 82.7 cm³/mol. The maximum atomic E-state index is 9.18. The zero-order chi connectivity index (χ0) is 14.7. The second kappa shape index (κ2) is 5.51. The minimum absolute atomic E-state index is 0.574. The zero-order valence-electron chi connectivity index (χ0n) is 11.5. The quantitative estimate of drug-likeness (QED) is 0.788. The largest absolute Gasteiger partial charge is 0.481 e. The lowest BCUT2D eigenvalue weighted by atomic mass is 10.0. The number of anilines is 2. The van der Waals surface area contributed by atoms with Crippen LogP contribution in [0.3, 0.4) is 0 Å². The van der Waals surface area contributed by atoms with Crippen LogP contribution >= 0.6 is 0 Å². The maximum Gasteiger partial charge on any atom is 0.213 e. The number of pyridine rings is 1. The van der Waals surface area contributed by atoms with Crippen molar-refractivity contribution in [3.63, 3.8) is 0 Å². The van der Waals surface area contributed by atoms with Crippen LogP contribution in [0.1, 0.15) is 5.56 Å². The number of hydrogen-bond donors (Lipinski definition) is 1. The Hall–Kier alpha value is -3.06. The summed E-state index contributed by atoms with van der Waals surface area (Å²) in [6.07, 6.45) is 1.71. The molecule has 0 atom stereocenters. The van der Waals surface area contributed by atoms with E-state index in [1.807, 2.05) is 42.5 Å². The van der Waals surface area contributed by atoms with Crippen molar-refractivity contribution in [1.29, 1.82) is 5.26 Å². The van der Waals surface area contributed by atoms with Gasteiger partial charge in [-0.1, -0.05) is 24.3 Å². The third-order valence-electron chi connectivity index (χ3n) is 3.27. The van der Waals surface area contributed by atoms with Gasteiger partial charge in [-0.3, -0.25) is 0 Å². The number of benzene rings is 2. The number of fused-ring (bicyclic) bond motifs is 1. The van der Waals surface area contributed by atoms with Crippen molar-refractivity contribution in [3.8, 4) is 11.9 Å². The molecule has 0 bridgehead atoms. The second-order valence-electron chi connectivity index (χ2n) is 4.53. The Morgan fingerprint density at radius 1 is 1.05 bits per heavy atom. The van der Waals surface area contributed by atoms with Crippen molar-refractivity contribution < 1.29 is 4.74 Å². The first-order valence-electron chi connectivity index (χ1n) is 6.51. The number of aromatic nitrogens is 1. The molecule has 0 saturated carbocycles. The molecule has 102 valence electrons. The molecule has 2 aromatic carbocycles. The molecule has 0 radical (unpaired) electrons. The van der Waals surface area contributed by atoms with Gasteiger partial charge in [0.1, 0.15) is 0 Å². The summed E-state index contributed by atoms with van der Waals surface area (Å²) in [6, 6.07) is 17.5. The van der Waals surface area contributed by atoms with E-state index in [-0.39, 0.29) is 0 Å². The molecule has 3 rings (SSSR count). The first-order valence-corrected chi connectivity index (χ1v) is 6.51. The topological polar surface area (TPSA) is 57.9 Å². The van der Waals surface area contributed by atoms with Gasteiger partial charge in [0.05, 0.1) is 30.6 Å². The van der Waals surface area contributed by atoms with Gasteiger partial charge in [0.25, 0.3) is 0 Å². The van der Waals surface area contributed by atoms with Crippen LogP contribution in [0.5, 0.6) is 5.88 Å². The van der Waals surface area contributed by atoms with Crippen LogP contribution in [0.25, 0.3) is 10.8 Å². The highest BCUT2D eigenvalue weighted by atomic mass is 16.5. The number of nitriles is 1. The minimum atomic E-state index is 0.574. The highest BCUT2D eigenvalue weighted by Gasteiger charge is 2.05. The van der Waals surface area contributed by atoms with Gasteiger partial charge in [0.15, 0.2) is 0 Å². The Labute approximate surface area is 122 Å². The van der Waals surface area contributed by atoms with Gasteiger partial charge in [-0.2, -0.15) is 5.26 Å². The number of methoxy groups -OCH3 is 1. The lowest BCUT2D eigenvalue weighted by Crippen LogP contribution is -1.94. The predicted octanol–water partition coefficient (Wildman–Crippen LogP) is 3.86. The van der Waals surface area contributed by atoms with Gasteiger partial charge in [-0.05, 0) is 18.2 Å². The molecule has 1 aromatic heterocycles. The second-order valence-corrected chi connectivity index (χ2v) is 4.53. The summed E-state index contributed by atoms with van der Waals surface area (Å²) in [5.41, 5.74) is 2.48. The van der Waals surface area contributed by atoms with E-state index in [1.54, 1.807) is 19.4 Å². The Morgan fingerprint density at radius 3 is 2.52 bits per heavy atom. The molecule has 1 heterocycles. The van der Waals surface area contributed by atoms with E-state index in [4.69, 9.17) is 4.74 Å². The van der Waals surface area contributed by atoms with Gasteiger partial charge in [0.2, 0.25) is 5.88 Å². The van der Waals surface area contributed by atoms with Gasteiger partial charge in [-0.15, -0.1) is 0 Å². The molecule has 3 aromatic rings. The molecule has 4 heteroatoms. The summed E-state index contributed by atoms with van der Waals surface area (Å²) < 4.78 is 5.04. The van der Waals surface area contributed by atoms with E-state index < -0.39 is 0 Å². The fourth-order valence-electron chi connectivity index (χ4n) is 2.24. The van der Waals surface area contributed by atoms with E-state index >= 15 is 0 Å². The summed E-state index contributed by atoms with van der Waals surface area (Å²) in [4.78, 5) is 4.17. The van der Waals surface area contributed by atoms with Gasteiger partial charge in [0, 0.05) is 22.5 Å². The minimum Gasteiger partial charge on any atom is -0.481 e. The highest BCUT2D eigenvalue weighted by Crippen LogP contribution is 2.28. The SMILES string of the molecule is COc1ccc(Nc2ccc(C#N)c3ccccc23)cn1. The van der Waals surface area contributed by atoms with Crippen molar-refractivity contribution in [2.75, 3.05) is 12.4 Å². The molecule has 0 aliphatic heterocycles.